The minimum Gasteiger partial charge on any atom is -0.377 e. The van der Waals surface area contributed by atoms with Crippen molar-refractivity contribution in [3.8, 4) is 0 Å². The standard InChI is InChI=1S/C16H17Cl2N/c1-10-6-11(2)8-13(7-10)12(3)19-16-5-4-14(17)9-15(16)18/h4-9,12,19H,1-3H3. The van der Waals surface area contributed by atoms with E-state index in [2.05, 4.69) is 44.3 Å². The molecule has 3 heteroatoms. The van der Waals surface area contributed by atoms with E-state index >= 15 is 0 Å². The lowest BCUT2D eigenvalue weighted by Crippen LogP contribution is -2.07. The molecule has 0 aliphatic rings. The Morgan fingerprint density at radius 1 is 0.947 bits per heavy atom. The van der Waals surface area contributed by atoms with Crippen molar-refractivity contribution in [1.82, 2.24) is 0 Å². The van der Waals surface area contributed by atoms with Crippen LogP contribution in [0.25, 0.3) is 0 Å². The molecule has 0 spiro atoms. The molecule has 0 bridgehead atoms. The Hall–Kier alpha value is -1.18. The van der Waals surface area contributed by atoms with Gasteiger partial charge in [-0.1, -0.05) is 52.5 Å². The summed E-state index contributed by atoms with van der Waals surface area (Å²) in [4.78, 5) is 0. The van der Waals surface area contributed by atoms with Crippen LogP contribution in [-0.2, 0) is 0 Å². The van der Waals surface area contributed by atoms with Crippen molar-refractivity contribution in [2.75, 3.05) is 5.32 Å². The molecule has 1 unspecified atom stereocenters. The zero-order chi connectivity index (χ0) is 14.0. The number of hydrogen-bond acceptors (Lipinski definition) is 1. The van der Waals surface area contributed by atoms with Gasteiger partial charge in [-0.05, 0) is 44.5 Å². The van der Waals surface area contributed by atoms with Gasteiger partial charge in [0, 0.05) is 11.1 Å². The molecule has 0 aromatic heterocycles. The summed E-state index contributed by atoms with van der Waals surface area (Å²) < 4.78 is 0. The summed E-state index contributed by atoms with van der Waals surface area (Å²) in [6.45, 7) is 6.34. The molecule has 0 aliphatic carbocycles. The first kappa shape index (κ1) is 14.2. The molecule has 1 atom stereocenters. The van der Waals surface area contributed by atoms with Gasteiger partial charge in [0.2, 0.25) is 0 Å². The van der Waals surface area contributed by atoms with Gasteiger partial charge in [-0.3, -0.25) is 0 Å². The smallest absolute Gasteiger partial charge is 0.0652 e. The average Bonchev–Trinajstić information content (AvgIpc) is 2.31. The lowest BCUT2D eigenvalue weighted by molar-refractivity contribution is 0.881. The summed E-state index contributed by atoms with van der Waals surface area (Å²) in [7, 11) is 0. The fourth-order valence-corrected chi connectivity index (χ4v) is 2.65. The van der Waals surface area contributed by atoms with Crippen molar-refractivity contribution in [3.05, 3.63) is 63.1 Å². The maximum atomic E-state index is 6.18. The van der Waals surface area contributed by atoms with Gasteiger partial charge in [-0.2, -0.15) is 0 Å². The zero-order valence-electron chi connectivity index (χ0n) is 11.3. The minimum atomic E-state index is 0.192. The first-order chi connectivity index (χ1) is 8.95. The average molecular weight is 294 g/mol. The van der Waals surface area contributed by atoms with Crippen molar-refractivity contribution < 1.29 is 0 Å². The predicted molar refractivity (Wildman–Crippen MR) is 84.4 cm³/mol. The normalized spacial score (nSPS) is 12.3. The van der Waals surface area contributed by atoms with Crippen molar-refractivity contribution >= 4 is 28.9 Å². The van der Waals surface area contributed by atoms with Crippen molar-refractivity contribution in [3.63, 3.8) is 0 Å². The number of halogens is 2. The summed E-state index contributed by atoms with van der Waals surface area (Å²) >= 11 is 12.1. The highest BCUT2D eigenvalue weighted by atomic mass is 35.5. The van der Waals surface area contributed by atoms with Crippen LogP contribution in [0.5, 0.6) is 0 Å². The highest BCUT2D eigenvalue weighted by Crippen LogP contribution is 2.29. The van der Waals surface area contributed by atoms with Gasteiger partial charge in [-0.25, -0.2) is 0 Å². The van der Waals surface area contributed by atoms with E-state index in [4.69, 9.17) is 23.2 Å². The Labute approximate surface area is 124 Å². The van der Waals surface area contributed by atoms with Gasteiger partial charge in [0.15, 0.2) is 0 Å². The third kappa shape index (κ3) is 3.65. The third-order valence-electron chi connectivity index (χ3n) is 3.05. The van der Waals surface area contributed by atoms with Crippen LogP contribution in [0, 0.1) is 13.8 Å². The molecule has 0 radical (unpaired) electrons. The molecule has 100 valence electrons. The van der Waals surface area contributed by atoms with Gasteiger partial charge in [-0.15, -0.1) is 0 Å². The largest absolute Gasteiger partial charge is 0.377 e. The Morgan fingerprint density at radius 2 is 1.58 bits per heavy atom. The lowest BCUT2D eigenvalue weighted by Gasteiger charge is -2.18. The van der Waals surface area contributed by atoms with Crippen LogP contribution in [0.2, 0.25) is 10.0 Å². The Balaban J connectivity index is 2.22. The van der Waals surface area contributed by atoms with E-state index in [1.165, 1.54) is 16.7 Å². The molecule has 0 heterocycles. The molecule has 1 N–H and O–H groups in total. The summed E-state index contributed by atoms with van der Waals surface area (Å²) in [5.74, 6) is 0. The number of hydrogen-bond donors (Lipinski definition) is 1. The molecule has 0 amide bonds. The molecule has 0 aliphatic heterocycles. The lowest BCUT2D eigenvalue weighted by atomic mass is 10.0. The third-order valence-corrected chi connectivity index (χ3v) is 3.59. The monoisotopic (exact) mass is 293 g/mol. The molecule has 2 rings (SSSR count). The van der Waals surface area contributed by atoms with E-state index in [1.807, 2.05) is 12.1 Å². The fourth-order valence-electron chi connectivity index (χ4n) is 2.18. The zero-order valence-corrected chi connectivity index (χ0v) is 12.8. The fraction of sp³-hybridized carbons (Fsp3) is 0.250. The van der Waals surface area contributed by atoms with Crippen LogP contribution in [-0.4, -0.2) is 0 Å². The SMILES string of the molecule is Cc1cc(C)cc(C(C)Nc2ccc(Cl)cc2Cl)c1. The Bertz CT molecular complexity index is 573. The first-order valence-corrected chi connectivity index (χ1v) is 7.01. The van der Waals surface area contributed by atoms with Gasteiger partial charge < -0.3 is 5.32 Å². The quantitative estimate of drug-likeness (QED) is 0.756. The van der Waals surface area contributed by atoms with E-state index in [-0.39, 0.29) is 6.04 Å². The molecule has 2 aromatic carbocycles. The molecular formula is C16H17Cl2N. The number of aryl methyl sites for hydroxylation is 2. The Kier molecular flexibility index (Phi) is 4.38. The maximum Gasteiger partial charge on any atom is 0.0652 e. The second-order valence-corrected chi connectivity index (χ2v) is 5.75. The van der Waals surface area contributed by atoms with Crippen LogP contribution < -0.4 is 5.32 Å². The summed E-state index contributed by atoms with van der Waals surface area (Å²) in [5.41, 5.74) is 4.69. The van der Waals surface area contributed by atoms with Crippen LogP contribution in [0.15, 0.2) is 36.4 Å². The van der Waals surface area contributed by atoms with Crippen molar-refractivity contribution in [2.24, 2.45) is 0 Å². The van der Waals surface area contributed by atoms with E-state index in [0.717, 1.165) is 5.69 Å². The summed E-state index contributed by atoms with van der Waals surface area (Å²) in [6, 6.07) is 12.2. The molecular weight excluding hydrogens is 277 g/mol. The first-order valence-electron chi connectivity index (χ1n) is 6.25. The number of benzene rings is 2. The van der Waals surface area contributed by atoms with Crippen molar-refractivity contribution in [1.29, 1.82) is 0 Å². The van der Waals surface area contributed by atoms with Gasteiger partial charge in [0.05, 0.1) is 10.7 Å². The van der Waals surface area contributed by atoms with Crippen LogP contribution in [0.3, 0.4) is 0 Å². The van der Waals surface area contributed by atoms with E-state index < -0.39 is 0 Å². The molecule has 0 saturated carbocycles. The van der Waals surface area contributed by atoms with Crippen LogP contribution >= 0.6 is 23.2 Å². The maximum absolute atomic E-state index is 6.18. The van der Waals surface area contributed by atoms with E-state index in [9.17, 15) is 0 Å². The number of nitrogens with one attached hydrogen (secondary N) is 1. The highest BCUT2D eigenvalue weighted by molar-refractivity contribution is 6.36. The second kappa shape index (κ2) is 5.85. The molecule has 0 fully saturated rings. The van der Waals surface area contributed by atoms with Crippen molar-refractivity contribution in [2.45, 2.75) is 26.8 Å². The highest BCUT2D eigenvalue weighted by Gasteiger charge is 2.09. The second-order valence-electron chi connectivity index (χ2n) is 4.91. The van der Waals surface area contributed by atoms with Gasteiger partial charge in [0.1, 0.15) is 0 Å². The van der Waals surface area contributed by atoms with Crippen LogP contribution in [0.4, 0.5) is 5.69 Å². The minimum absolute atomic E-state index is 0.192. The van der Waals surface area contributed by atoms with Crippen LogP contribution in [0.1, 0.15) is 29.7 Å². The van der Waals surface area contributed by atoms with E-state index in [1.54, 1.807) is 6.07 Å². The van der Waals surface area contributed by atoms with Gasteiger partial charge in [0.25, 0.3) is 0 Å². The summed E-state index contributed by atoms with van der Waals surface area (Å²) in [6.07, 6.45) is 0. The predicted octanol–water partition coefficient (Wildman–Crippen LogP) is 5.78. The molecule has 2 aromatic rings. The number of anilines is 1. The molecule has 1 nitrogen and oxygen atoms in total. The van der Waals surface area contributed by atoms with Gasteiger partial charge >= 0.3 is 0 Å². The Morgan fingerprint density at radius 3 is 2.16 bits per heavy atom. The number of rotatable bonds is 3. The molecule has 0 saturated heterocycles. The summed E-state index contributed by atoms with van der Waals surface area (Å²) in [5, 5.41) is 4.71. The topological polar surface area (TPSA) is 12.0 Å². The molecule has 19 heavy (non-hydrogen) atoms. The van der Waals surface area contributed by atoms with E-state index in [0.29, 0.717) is 10.0 Å².